The van der Waals surface area contributed by atoms with E-state index in [1.165, 1.54) is 5.06 Å². The third kappa shape index (κ3) is 5.97. The number of ether oxygens (including phenoxy) is 2. The molecule has 1 heterocycles. The zero-order valence-electron chi connectivity index (χ0n) is 17.9. The van der Waals surface area contributed by atoms with E-state index < -0.39 is 0 Å². The highest BCUT2D eigenvalue weighted by atomic mass is 16.7. The first-order valence-electron chi connectivity index (χ1n) is 10.1. The van der Waals surface area contributed by atoms with E-state index in [1.807, 2.05) is 70.2 Å². The fourth-order valence-corrected chi connectivity index (χ4v) is 2.83. The molecule has 0 aliphatic carbocycles. The minimum Gasteiger partial charge on any atom is -0.494 e. The molecular formula is C23H28N2O5. The lowest BCUT2D eigenvalue weighted by atomic mass is 10.2. The van der Waals surface area contributed by atoms with Gasteiger partial charge in [-0.15, -0.1) is 0 Å². The van der Waals surface area contributed by atoms with Crippen LogP contribution in [0.15, 0.2) is 46.9 Å². The fourth-order valence-electron chi connectivity index (χ4n) is 2.83. The molecule has 7 nitrogen and oxygen atoms in total. The molecule has 0 N–H and O–H groups in total. The second-order valence-corrected chi connectivity index (χ2v) is 7.44. The minimum atomic E-state index is -0.298. The van der Waals surface area contributed by atoms with Crippen molar-refractivity contribution in [1.29, 1.82) is 0 Å². The maximum Gasteiger partial charge on any atom is 0.395 e. The van der Waals surface area contributed by atoms with Crippen molar-refractivity contribution in [2.45, 2.75) is 34.3 Å². The van der Waals surface area contributed by atoms with E-state index in [2.05, 4.69) is 4.98 Å². The standard InChI is InChI=1S/C23H28N2O5/c1-5-27-19-9-7-18(8-10-19)14-29-25(13-16(2)3)22(26)15-28-23-24-20-12-17(4)6-11-21(20)30-23/h6-12,16H,5,13-15H2,1-4H3. The number of hydrogen-bond acceptors (Lipinski definition) is 6. The van der Waals surface area contributed by atoms with Crippen LogP contribution in [-0.2, 0) is 16.2 Å². The van der Waals surface area contributed by atoms with Crippen LogP contribution < -0.4 is 9.47 Å². The predicted octanol–water partition coefficient (Wildman–Crippen LogP) is 4.53. The van der Waals surface area contributed by atoms with Crippen molar-refractivity contribution in [2.24, 2.45) is 5.92 Å². The van der Waals surface area contributed by atoms with Crippen LogP contribution >= 0.6 is 0 Å². The largest absolute Gasteiger partial charge is 0.494 e. The van der Waals surface area contributed by atoms with Crippen LogP contribution in [0.1, 0.15) is 31.9 Å². The summed E-state index contributed by atoms with van der Waals surface area (Å²) in [6.45, 7) is 9.07. The van der Waals surface area contributed by atoms with E-state index in [1.54, 1.807) is 0 Å². The molecule has 30 heavy (non-hydrogen) atoms. The summed E-state index contributed by atoms with van der Waals surface area (Å²) in [5.41, 5.74) is 3.33. The molecular weight excluding hydrogens is 384 g/mol. The van der Waals surface area contributed by atoms with Crippen LogP contribution in [-0.4, -0.2) is 35.7 Å². The van der Waals surface area contributed by atoms with E-state index in [0.29, 0.717) is 24.3 Å². The zero-order chi connectivity index (χ0) is 21.5. The highest BCUT2D eigenvalue weighted by Crippen LogP contribution is 2.21. The van der Waals surface area contributed by atoms with E-state index >= 15 is 0 Å². The van der Waals surface area contributed by atoms with Gasteiger partial charge in [0.05, 0.1) is 13.2 Å². The van der Waals surface area contributed by atoms with Gasteiger partial charge >= 0.3 is 6.08 Å². The smallest absolute Gasteiger partial charge is 0.395 e. The van der Waals surface area contributed by atoms with Gasteiger partial charge in [0.2, 0.25) is 0 Å². The number of fused-ring (bicyclic) bond motifs is 1. The predicted molar refractivity (Wildman–Crippen MR) is 113 cm³/mol. The summed E-state index contributed by atoms with van der Waals surface area (Å²) in [6.07, 6.45) is 0.0694. The second kappa shape index (κ2) is 10.1. The summed E-state index contributed by atoms with van der Waals surface area (Å²) in [5.74, 6) is 0.743. The van der Waals surface area contributed by atoms with Gasteiger partial charge in [0.25, 0.3) is 5.91 Å². The first-order chi connectivity index (χ1) is 14.4. The Kier molecular flexibility index (Phi) is 7.30. The Morgan fingerprint density at radius 2 is 1.90 bits per heavy atom. The number of hydroxylamine groups is 2. The molecule has 0 spiro atoms. The second-order valence-electron chi connectivity index (χ2n) is 7.44. The SMILES string of the molecule is CCOc1ccc(CON(CC(C)C)C(=O)COc2nc3cc(C)ccc3o2)cc1. The van der Waals surface area contributed by atoms with Crippen LogP contribution in [0.4, 0.5) is 0 Å². The summed E-state index contributed by atoms with van der Waals surface area (Å²) < 4.78 is 16.5. The van der Waals surface area contributed by atoms with Crippen molar-refractivity contribution >= 4 is 17.0 Å². The van der Waals surface area contributed by atoms with Crippen molar-refractivity contribution in [1.82, 2.24) is 10.0 Å². The number of carbonyl (C=O) groups is 1. The molecule has 2 aromatic carbocycles. The zero-order valence-corrected chi connectivity index (χ0v) is 17.9. The number of aromatic nitrogens is 1. The molecule has 1 amide bonds. The summed E-state index contributed by atoms with van der Waals surface area (Å²) in [5, 5.41) is 1.34. The Bertz CT molecular complexity index is 965. The molecule has 0 saturated carbocycles. The lowest BCUT2D eigenvalue weighted by molar-refractivity contribution is -0.196. The lowest BCUT2D eigenvalue weighted by Gasteiger charge is -2.23. The molecule has 7 heteroatoms. The van der Waals surface area contributed by atoms with E-state index in [9.17, 15) is 4.79 Å². The molecule has 0 unspecified atom stereocenters. The molecule has 3 rings (SSSR count). The summed E-state index contributed by atoms with van der Waals surface area (Å²) in [6, 6.07) is 13.3. The van der Waals surface area contributed by atoms with Crippen LogP contribution in [0.5, 0.6) is 11.8 Å². The summed E-state index contributed by atoms with van der Waals surface area (Å²) >= 11 is 0. The van der Waals surface area contributed by atoms with E-state index in [0.717, 1.165) is 16.9 Å². The molecule has 1 aromatic heterocycles. The van der Waals surface area contributed by atoms with Crippen molar-refractivity contribution in [3.05, 3.63) is 53.6 Å². The molecule has 0 atom stereocenters. The van der Waals surface area contributed by atoms with Gasteiger partial charge in [0.15, 0.2) is 12.2 Å². The third-order valence-corrected chi connectivity index (χ3v) is 4.27. The van der Waals surface area contributed by atoms with Crippen LogP contribution in [0.25, 0.3) is 11.1 Å². The number of nitrogens with zero attached hydrogens (tertiary/aromatic N) is 2. The van der Waals surface area contributed by atoms with Crippen LogP contribution in [0, 0.1) is 12.8 Å². The van der Waals surface area contributed by atoms with Gasteiger partial charge in [-0.3, -0.25) is 9.63 Å². The quantitative estimate of drug-likeness (QED) is 0.456. The van der Waals surface area contributed by atoms with Crippen molar-refractivity contribution in [2.75, 3.05) is 19.8 Å². The topological polar surface area (TPSA) is 74.0 Å². The van der Waals surface area contributed by atoms with Crippen molar-refractivity contribution in [3.8, 4) is 11.8 Å². The average Bonchev–Trinajstić information content (AvgIpc) is 3.12. The number of carbonyl (C=O) groups excluding carboxylic acids is 1. The maximum absolute atomic E-state index is 12.7. The van der Waals surface area contributed by atoms with Gasteiger partial charge in [-0.25, -0.2) is 5.06 Å². The van der Waals surface area contributed by atoms with Crippen molar-refractivity contribution < 1.29 is 23.5 Å². The number of amides is 1. The van der Waals surface area contributed by atoms with Gasteiger partial charge in [0.1, 0.15) is 17.9 Å². The molecule has 3 aromatic rings. The summed E-state index contributed by atoms with van der Waals surface area (Å²) in [4.78, 5) is 22.7. The Balaban J connectivity index is 1.58. The number of benzene rings is 2. The Morgan fingerprint density at radius 3 is 2.60 bits per heavy atom. The van der Waals surface area contributed by atoms with E-state index in [-0.39, 0.29) is 31.1 Å². The van der Waals surface area contributed by atoms with Crippen LogP contribution in [0.3, 0.4) is 0 Å². The Hall–Kier alpha value is -3.06. The molecule has 0 radical (unpaired) electrons. The third-order valence-electron chi connectivity index (χ3n) is 4.27. The van der Waals surface area contributed by atoms with Gasteiger partial charge in [-0.05, 0) is 55.2 Å². The highest BCUT2D eigenvalue weighted by molar-refractivity contribution is 5.77. The van der Waals surface area contributed by atoms with Gasteiger partial charge in [-0.1, -0.05) is 32.0 Å². The Labute approximate surface area is 176 Å². The highest BCUT2D eigenvalue weighted by Gasteiger charge is 2.18. The molecule has 0 saturated heterocycles. The minimum absolute atomic E-state index is 0.0694. The van der Waals surface area contributed by atoms with Crippen molar-refractivity contribution in [3.63, 3.8) is 0 Å². The molecule has 160 valence electrons. The monoisotopic (exact) mass is 412 g/mol. The maximum atomic E-state index is 12.7. The molecule has 0 bridgehead atoms. The first-order valence-corrected chi connectivity index (χ1v) is 10.1. The number of oxazole rings is 1. The Morgan fingerprint density at radius 1 is 1.13 bits per heavy atom. The van der Waals surface area contributed by atoms with Crippen LogP contribution in [0.2, 0.25) is 0 Å². The molecule has 0 aliphatic rings. The van der Waals surface area contributed by atoms with E-state index in [4.69, 9.17) is 18.7 Å². The first kappa shape index (κ1) is 21.6. The average molecular weight is 412 g/mol. The number of aryl methyl sites for hydroxylation is 1. The van der Waals surface area contributed by atoms with Gasteiger partial charge < -0.3 is 13.9 Å². The number of hydrogen-bond donors (Lipinski definition) is 0. The van der Waals surface area contributed by atoms with Gasteiger partial charge in [-0.2, -0.15) is 4.98 Å². The number of rotatable bonds is 10. The van der Waals surface area contributed by atoms with Gasteiger partial charge in [0, 0.05) is 0 Å². The lowest BCUT2D eigenvalue weighted by Crippen LogP contribution is -2.37. The molecule has 0 aliphatic heterocycles. The fraction of sp³-hybridized carbons (Fsp3) is 0.391. The summed E-state index contributed by atoms with van der Waals surface area (Å²) in [7, 11) is 0. The normalized spacial score (nSPS) is 11.1. The molecule has 0 fully saturated rings.